The summed E-state index contributed by atoms with van der Waals surface area (Å²) in [4.78, 5) is 40.4. The van der Waals surface area contributed by atoms with Crippen LogP contribution in [0.3, 0.4) is 0 Å². The van der Waals surface area contributed by atoms with E-state index >= 15 is 0 Å². The van der Waals surface area contributed by atoms with E-state index in [-0.39, 0.29) is 18.3 Å². The molecule has 1 fully saturated rings. The molecule has 3 rings (SSSR count). The summed E-state index contributed by atoms with van der Waals surface area (Å²) < 4.78 is 5.48. The van der Waals surface area contributed by atoms with Gasteiger partial charge in [0.05, 0.1) is 10.3 Å². The molecule has 0 spiro atoms. The van der Waals surface area contributed by atoms with Crippen molar-refractivity contribution >= 4 is 29.0 Å². The molecule has 2 heterocycles. The van der Waals surface area contributed by atoms with E-state index in [1.165, 1.54) is 18.3 Å². The number of hydrogen-bond acceptors (Lipinski definition) is 5. The Morgan fingerprint density at radius 1 is 1.07 bits per heavy atom. The van der Waals surface area contributed by atoms with Crippen LogP contribution in [0.15, 0.2) is 42.5 Å². The molecule has 2 aromatic rings. The van der Waals surface area contributed by atoms with Gasteiger partial charge in [0.2, 0.25) is 11.7 Å². The number of nitrogens with zero attached hydrogens (tertiary/aromatic N) is 1. The van der Waals surface area contributed by atoms with Crippen LogP contribution in [0.2, 0.25) is 0 Å². The van der Waals surface area contributed by atoms with Crippen LogP contribution in [-0.4, -0.2) is 42.3 Å². The molecule has 0 N–H and O–H groups in total. The van der Waals surface area contributed by atoms with Gasteiger partial charge >= 0.3 is 5.97 Å². The minimum atomic E-state index is -0.821. The monoisotopic (exact) mass is 385 g/mol. The summed E-state index contributed by atoms with van der Waals surface area (Å²) in [6, 6.07) is 13.1. The number of benzene rings is 1. The summed E-state index contributed by atoms with van der Waals surface area (Å²) in [5.41, 5.74) is 0.0522. The summed E-state index contributed by atoms with van der Waals surface area (Å²) >= 11 is 1.40. The second kappa shape index (κ2) is 8.05. The van der Waals surface area contributed by atoms with E-state index < -0.39 is 11.4 Å². The lowest BCUT2D eigenvalue weighted by Crippen LogP contribution is -2.49. The number of carbonyl (C=O) groups excluding carboxylic acids is 3. The quantitative estimate of drug-likeness (QED) is 0.585. The van der Waals surface area contributed by atoms with Gasteiger partial charge in [-0.1, -0.05) is 30.3 Å². The smallest absolute Gasteiger partial charge is 0.317 e. The van der Waals surface area contributed by atoms with Gasteiger partial charge in [-0.25, -0.2) is 0 Å². The van der Waals surface area contributed by atoms with Crippen molar-refractivity contribution in [3.8, 4) is 0 Å². The number of amides is 1. The summed E-state index contributed by atoms with van der Waals surface area (Å²) in [5.74, 6) is -0.572. The zero-order valence-corrected chi connectivity index (χ0v) is 16.4. The topological polar surface area (TPSA) is 63.7 Å². The highest BCUT2D eigenvalue weighted by atomic mass is 32.1. The first-order chi connectivity index (χ1) is 12.9. The van der Waals surface area contributed by atoms with Crippen LogP contribution in [0, 0.1) is 6.92 Å². The standard InChI is InChI=1S/C21H23NO4S/c1-15-8-9-19(27-15)18(24)14-26-20(25)21(17-6-4-3-5-7-17)10-12-22(13-11-21)16(2)23/h3-9H,10-14H2,1-2H3. The van der Waals surface area contributed by atoms with E-state index in [4.69, 9.17) is 4.74 Å². The molecule has 1 saturated heterocycles. The molecule has 1 aromatic carbocycles. The first kappa shape index (κ1) is 19.3. The highest BCUT2D eigenvalue weighted by Crippen LogP contribution is 2.37. The number of ketones is 1. The normalized spacial score (nSPS) is 16.0. The van der Waals surface area contributed by atoms with Crippen LogP contribution in [-0.2, 0) is 19.7 Å². The fourth-order valence-corrected chi connectivity index (χ4v) is 4.29. The number of esters is 1. The summed E-state index contributed by atoms with van der Waals surface area (Å²) in [5, 5.41) is 0. The highest BCUT2D eigenvalue weighted by molar-refractivity contribution is 7.14. The lowest BCUT2D eigenvalue weighted by atomic mass is 9.72. The van der Waals surface area contributed by atoms with Gasteiger partial charge in [-0.3, -0.25) is 14.4 Å². The maximum Gasteiger partial charge on any atom is 0.317 e. The molecular weight excluding hydrogens is 362 g/mol. The summed E-state index contributed by atoms with van der Waals surface area (Å²) in [7, 11) is 0. The van der Waals surface area contributed by atoms with Gasteiger partial charge in [0.25, 0.3) is 0 Å². The molecule has 0 bridgehead atoms. The van der Waals surface area contributed by atoms with Crippen LogP contribution < -0.4 is 0 Å². The molecule has 0 radical (unpaired) electrons. The van der Waals surface area contributed by atoms with Gasteiger partial charge in [0.1, 0.15) is 0 Å². The lowest BCUT2D eigenvalue weighted by Gasteiger charge is -2.40. The van der Waals surface area contributed by atoms with Gasteiger partial charge in [0, 0.05) is 24.9 Å². The minimum absolute atomic E-state index is 0.00766. The molecule has 6 heteroatoms. The van der Waals surface area contributed by atoms with Gasteiger partial charge in [0.15, 0.2) is 6.61 Å². The van der Waals surface area contributed by atoms with Crippen LogP contribution in [0.5, 0.6) is 0 Å². The van der Waals surface area contributed by atoms with Crippen LogP contribution in [0.1, 0.15) is 39.9 Å². The molecule has 1 amide bonds. The van der Waals surface area contributed by atoms with Crippen LogP contribution in [0.4, 0.5) is 0 Å². The number of aryl methyl sites for hydroxylation is 1. The van der Waals surface area contributed by atoms with Crippen molar-refractivity contribution in [1.82, 2.24) is 4.90 Å². The molecule has 27 heavy (non-hydrogen) atoms. The Morgan fingerprint density at radius 3 is 2.30 bits per heavy atom. The summed E-state index contributed by atoms with van der Waals surface area (Å²) in [6.07, 6.45) is 0.976. The molecule has 0 unspecified atom stereocenters. The third-order valence-corrected chi connectivity index (χ3v) is 6.17. The second-order valence-electron chi connectivity index (χ2n) is 6.86. The average Bonchev–Trinajstić information content (AvgIpc) is 3.13. The van der Waals surface area contributed by atoms with Crippen LogP contribution in [0.25, 0.3) is 0 Å². The van der Waals surface area contributed by atoms with E-state index in [0.717, 1.165) is 10.4 Å². The van der Waals surface area contributed by atoms with Gasteiger partial charge in [-0.2, -0.15) is 0 Å². The number of thiophene rings is 1. The van der Waals surface area contributed by atoms with E-state index in [1.807, 2.05) is 43.3 Å². The number of Topliss-reactive ketones (excluding diaryl/α,β-unsaturated/α-hetero) is 1. The third-order valence-electron chi connectivity index (χ3n) is 5.13. The molecule has 0 saturated carbocycles. The Morgan fingerprint density at radius 2 is 1.74 bits per heavy atom. The Kier molecular flexibility index (Phi) is 5.75. The molecule has 5 nitrogen and oxygen atoms in total. The van der Waals surface area contributed by atoms with Crippen molar-refractivity contribution < 1.29 is 19.1 Å². The number of hydrogen-bond donors (Lipinski definition) is 0. The maximum absolute atomic E-state index is 13.1. The molecule has 1 aliphatic heterocycles. The molecule has 142 valence electrons. The molecular formula is C21H23NO4S. The van der Waals surface area contributed by atoms with Crippen molar-refractivity contribution in [3.05, 3.63) is 57.8 Å². The second-order valence-corrected chi connectivity index (χ2v) is 8.15. The Bertz CT molecular complexity index is 835. The van der Waals surface area contributed by atoms with Crippen molar-refractivity contribution in [2.24, 2.45) is 0 Å². The van der Waals surface area contributed by atoms with E-state index in [2.05, 4.69) is 0 Å². The third kappa shape index (κ3) is 4.11. The average molecular weight is 385 g/mol. The lowest BCUT2D eigenvalue weighted by molar-refractivity contribution is -0.153. The predicted molar refractivity (Wildman–Crippen MR) is 104 cm³/mol. The zero-order chi connectivity index (χ0) is 19.4. The van der Waals surface area contributed by atoms with Gasteiger partial charge in [-0.15, -0.1) is 11.3 Å². The minimum Gasteiger partial charge on any atom is -0.457 e. The fraction of sp³-hybridized carbons (Fsp3) is 0.381. The van der Waals surface area contributed by atoms with E-state index in [9.17, 15) is 14.4 Å². The first-order valence-corrected chi connectivity index (χ1v) is 9.82. The Hall–Kier alpha value is -2.47. The van der Waals surface area contributed by atoms with E-state index in [0.29, 0.717) is 30.8 Å². The zero-order valence-electron chi connectivity index (χ0n) is 15.6. The van der Waals surface area contributed by atoms with Gasteiger partial charge < -0.3 is 9.64 Å². The molecule has 0 atom stereocenters. The SMILES string of the molecule is CC(=O)N1CCC(C(=O)OCC(=O)c2ccc(C)s2)(c2ccccc2)CC1. The number of ether oxygens (including phenoxy) is 1. The Labute approximate surface area is 162 Å². The van der Waals surface area contributed by atoms with Crippen LogP contribution >= 0.6 is 11.3 Å². The largest absolute Gasteiger partial charge is 0.457 e. The number of rotatable bonds is 5. The first-order valence-electron chi connectivity index (χ1n) is 9.00. The van der Waals surface area contributed by atoms with Crippen molar-refractivity contribution in [1.29, 1.82) is 0 Å². The highest BCUT2D eigenvalue weighted by Gasteiger charge is 2.44. The predicted octanol–water partition coefficient (Wildman–Crippen LogP) is 3.36. The maximum atomic E-state index is 13.1. The molecule has 1 aliphatic rings. The number of carbonyl (C=O) groups is 3. The molecule has 1 aromatic heterocycles. The Balaban J connectivity index is 1.76. The summed E-state index contributed by atoms with van der Waals surface area (Å²) in [6.45, 7) is 4.20. The van der Waals surface area contributed by atoms with Crippen molar-refractivity contribution in [3.63, 3.8) is 0 Å². The van der Waals surface area contributed by atoms with E-state index in [1.54, 1.807) is 11.0 Å². The van der Waals surface area contributed by atoms with Crippen molar-refractivity contribution in [2.45, 2.75) is 32.1 Å². The molecule has 0 aliphatic carbocycles. The fourth-order valence-electron chi connectivity index (χ4n) is 3.50. The number of likely N-dealkylation sites (tertiary alicyclic amines) is 1. The van der Waals surface area contributed by atoms with Crippen molar-refractivity contribution in [2.75, 3.05) is 19.7 Å². The van der Waals surface area contributed by atoms with Gasteiger partial charge in [-0.05, 0) is 37.5 Å². The number of piperidine rings is 1.